The number of carbonyl (C=O) groups excluding carboxylic acids is 1. The summed E-state index contributed by atoms with van der Waals surface area (Å²) in [5.41, 5.74) is 3.31. The maximum absolute atomic E-state index is 11.6. The van der Waals surface area contributed by atoms with E-state index in [0.717, 1.165) is 41.6 Å². The fourth-order valence-electron chi connectivity index (χ4n) is 3.47. The zero-order valence-corrected chi connectivity index (χ0v) is 18.0. The Morgan fingerprint density at radius 1 is 1.23 bits per heavy atom. The highest BCUT2D eigenvalue weighted by Gasteiger charge is 2.16. The molecule has 0 spiro atoms. The molecular weight excluding hydrogens is 378 g/mol. The van der Waals surface area contributed by atoms with E-state index in [9.17, 15) is 4.79 Å². The van der Waals surface area contributed by atoms with Crippen molar-refractivity contribution in [1.29, 1.82) is 0 Å². The van der Waals surface area contributed by atoms with Crippen LogP contribution >= 0.6 is 0 Å². The van der Waals surface area contributed by atoms with Crippen molar-refractivity contribution in [3.05, 3.63) is 59.7 Å². The van der Waals surface area contributed by atoms with Gasteiger partial charge in [-0.15, -0.1) is 0 Å². The van der Waals surface area contributed by atoms with E-state index in [0.29, 0.717) is 26.2 Å². The largest absolute Gasteiger partial charge is 0.496 e. The number of hydrogen-bond acceptors (Lipinski definition) is 4. The second-order valence-corrected chi connectivity index (χ2v) is 7.28. The van der Waals surface area contributed by atoms with Crippen LogP contribution in [0.25, 0.3) is 0 Å². The average Bonchev–Trinajstić information content (AvgIpc) is 2.77. The smallest absolute Gasteiger partial charge is 0.239 e. The van der Waals surface area contributed by atoms with Crippen LogP contribution in [0.4, 0.5) is 5.69 Å². The number of piperazine rings is 1. The molecule has 7 nitrogen and oxygen atoms in total. The SMILES string of the molecule is CCNC(=NCc1ccc(N2CCNC(=O)C2)cc1)N(C)Cc1ccccc1OC. The minimum absolute atomic E-state index is 0.0725. The lowest BCUT2D eigenvalue weighted by Crippen LogP contribution is -2.47. The van der Waals surface area contributed by atoms with Gasteiger partial charge in [0.2, 0.25) is 5.91 Å². The molecule has 1 aliphatic rings. The van der Waals surface area contributed by atoms with Crippen LogP contribution in [0.5, 0.6) is 5.75 Å². The van der Waals surface area contributed by atoms with E-state index in [4.69, 9.17) is 9.73 Å². The number of nitrogens with zero attached hydrogens (tertiary/aromatic N) is 3. The minimum atomic E-state index is 0.0725. The Labute approximate surface area is 178 Å². The summed E-state index contributed by atoms with van der Waals surface area (Å²) < 4.78 is 5.47. The van der Waals surface area contributed by atoms with Crippen LogP contribution < -0.4 is 20.3 Å². The van der Waals surface area contributed by atoms with E-state index in [1.54, 1.807) is 7.11 Å². The number of rotatable bonds is 7. The van der Waals surface area contributed by atoms with Gasteiger partial charge in [0.1, 0.15) is 5.75 Å². The van der Waals surface area contributed by atoms with E-state index >= 15 is 0 Å². The first-order valence-electron chi connectivity index (χ1n) is 10.3. The number of anilines is 1. The van der Waals surface area contributed by atoms with Gasteiger partial charge in [0.15, 0.2) is 5.96 Å². The van der Waals surface area contributed by atoms with E-state index in [1.165, 1.54) is 0 Å². The third-order valence-corrected chi connectivity index (χ3v) is 5.05. The zero-order chi connectivity index (χ0) is 21.3. The number of ether oxygens (including phenoxy) is 1. The van der Waals surface area contributed by atoms with Crippen molar-refractivity contribution in [2.45, 2.75) is 20.0 Å². The number of methoxy groups -OCH3 is 1. The summed E-state index contributed by atoms with van der Waals surface area (Å²) in [7, 11) is 3.72. The van der Waals surface area contributed by atoms with Crippen molar-refractivity contribution >= 4 is 17.6 Å². The molecule has 1 amide bonds. The lowest BCUT2D eigenvalue weighted by molar-refractivity contribution is -0.120. The molecule has 0 aromatic heterocycles. The Balaban J connectivity index is 1.65. The molecule has 2 N–H and O–H groups in total. The Morgan fingerprint density at radius 2 is 2.00 bits per heavy atom. The number of amides is 1. The van der Waals surface area contributed by atoms with Gasteiger partial charge in [-0.3, -0.25) is 4.79 Å². The van der Waals surface area contributed by atoms with Crippen LogP contribution in [0, 0.1) is 0 Å². The Morgan fingerprint density at radius 3 is 2.70 bits per heavy atom. The van der Waals surface area contributed by atoms with E-state index < -0.39 is 0 Å². The minimum Gasteiger partial charge on any atom is -0.496 e. The first-order valence-corrected chi connectivity index (χ1v) is 10.3. The van der Waals surface area contributed by atoms with Gasteiger partial charge in [-0.1, -0.05) is 30.3 Å². The van der Waals surface area contributed by atoms with Gasteiger partial charge >= 0.3 is 0 Å². The van der Waals surface area contributed by atoms with Gasteiger partial charge in [0.25, 0.3) is 0 Å². The zero-order valence-electron chi connectivity index (χ0n) is 18.0. The summed E-state index contributed by atoms with van der Waals surface area (Å²) in [5.74, 6) is 1.80. The molecule has 0 radical (unpaired) electrons. The van der Waals surface area contributed by atoms with Crippen molar-refractivity contribution in [3.63, 3.8) is 0 Å². The van der Waals surface area contributed by atoms with Gasteiger partial charge in [-0.2, -0.15) is 0 Å². The molecular formula is C23H31N5O2. The summed E-state index contributed by atoms with van der Waals surface area (Å²) >= 11 is 0. The summed E-state index contributed by atoms with van der Waals surface area (Å²) in [6.45, 7) is 6.08. The van der Waals surface area contributed by atoms with Crippen molar-refractivity contribution < 1.29 is 9.53 Å². The lowest BCUT2D eigenvalue weighted by Gasteiger charge is -2.28. The van der Waals surface area contributed by atoms with Gasteiger partial charge in [0, 0.05) is 44.5 Å². The van der Waals surface area contributed by atoms with E-state index in [2.05, 4.69) is 57.7 Å². The molecule has 1 saturated heterocycles. The molecule has 1 aliphatic heterocycles. The second-order valence-electron chi connectivity index (χ2n) is 7.28. The number of aliphatic imine (C=N–C) groups is 1. The molecule has 160 valence electrons. The van der Waals surface area contributed by atoms with Crippen LogP contribution in [0.2, 0.25) is 0 Å². The Kier molecular flexibility index (Phi) is 7.54. The van der Waals surface area contributed by atoms with Crippen LogP contribution in [-0.4, -0.2) is 57.1 Å². The highest BCUT2D eigenvalue weighted by molar-refractivity contribution is 5.82. The molecule has 3 rings (SSSR count). The van der Waals surface area contributed by atoms with E-state index in [-0.39, 0.29) is 5.91 Å². The molecule has 0 unspecified atom stereocenters. The standard InChI is InChI=1S/C23H31N5O2/c1-4-24-23(27(2)16-19-7-5-6-8-21(19)30-3)26-15-18-9-11-20(12-10-18)28-14-13-25-22(29)17-28/h5-12H,4,13-17H2,1-3H3,(H,24,26)(H,25,29). The van der Waals surface area contributed by atoms with Gasteiger partial charge < -0.3 is 25.2 Å². The first-order chi connectivity index (χ1) is 14.6. The first kappa shape index (κ1) is 21.5. The topological polar surface area (TPSA) is 69.2 Å². The second kappa shape index (κ2) is 10.5. The molecule has 0 bridgehead atoms. The van der Waals surface area contributed by atoms with Crippen molar-refractivity contribution in [1.82, 2.24) is 15.5 Å². The highest BCUT2D eigenvalue weighted by atomic mass is 16.5. The molecule has 2 aromatic carbocycles. The molecule has 30 heavy (non-hydrogen) atoms. The van der Waals surface area contributed by atoms with Crippen LogP contribution in [-0.2, 0) is 17.9 Å². The average molecular weight is 410 g/mol. The summed E-state index contributed by atoms with van der Waals surface area (Å²) in [5, 5.41) is 6.22. The quantitative estimate of drug-likeness (QED) is 0.542. The molecule has 2 aromatic rings. The summed E-state index contributed by atoms with van der Waals surface area (Å²) in [6, 6.07) is 16.3. The molecule has 0 aliphatic carbocycles. The number of hydrogen-bond donors (Lipinski definition) is 2. The third kappa shape index (κ3) is 5.65. The fraction of sp³-hybridized carbons (Fsp3) is 0.391. The molecule has 1 heterocycles. The Hall–Kier alpha value is -3.22. The number of guanidine groups is 1. The predicted molar refractivity (Wildman–Crippen MR) is 121 cm³/mol. The maximum Gasteiger partial charge on any atom is 0.239 e. The summed E-state index contributed by atoms with van der Waals surface area (Å²) in [6.07, 6.45) is 0. The Bertz CT molecular complexity index is 866. The maximum atomic E-state index is 11.6. The summed E-state index contributed by atoms with van der Waals surface area (Å²) in [4.78, 5) is 20.6. The molecule has 0 atom stereocenters. The molecule has 1 fully saturated rings. The van der Waals surface area contributed by atoms with Crippen LogP contribution in [0.3, 0.4) is 0 Å². The van der Waals surface area contributed by atoms with Crippen LogP contribution in [0.15, 0.2) is 53.5 Å². The van der Waals surface area contributed by atoms with Gasteiger partial charge in [-0.25, -0.2) is 4.99 Å². The van der Waals surface area contributed by atoms with E-state index in [1.807, 2.05) is 25.2 Å². The third-order valence-electron chi connectivity index (χ3n) is 5.05. The van der Waals surface area contributed by atoms with Crippen molar-refractivity contribution in [2.24, 2.45) is 4.99 Å². The highest BCUT2D eigenvalue weighted by Crippen LogP contribution is 2.19. The lowest BCUT2D eigenvalue weighted by atomic mass is 10.2. The number of para-hydroxylation sites is 1. The fourth-order valence-corrected chi connectivity index (χ4v) is 3.47. The monoisotopic (exact) mass is 409 g/mol. The molecule has 7 heteroatoms. The number of benzene rings is 2. The number of carbonyl (C=O) groups is 1. The molecule has 0 saturated carbocycles. The van der Waals surface area contributed by atoms with Crippen molar-refractivity contribution in [2.75, 3.05) is 45.2 Å². The van der Waals surface area contributed by atoms with Gasteiger partial charge in [0.05, 0.1) is 20.2 Å². The normalized spacial score (nSPS) is 14.3. The van der Waals surface area contributed by atoms with Gasteiger partial charge in [-0.05, 0) is 30.7 Å². The van der Waals surface area contributed by atoms with Crippen molar-refractivity contribution in [3.8, 4) is 5.75 Å². The predicted octanol–water partition coefficient (Wildman–Crippen LogP) is 2.23. The number of nitrogens with one attached hydrogen (secondary N) is 2. The van der Waals surface area contributed by atoms with Crippen LogP contribution in [0.1, 0.15) is 18.1 Å².